The molecule has 0 aromatic rings. The molecule has 21 heavy (non-hydrogen) atoms. The summed E-state index contributed by atoms with van der Waals surface area (Å²) in [6.07, 6.45) is 1.12. The highest BCUT2D eigenvalue weighted by atomic mass is 32.2. The molecule has 0 spiro atoms. The van der Waals surface area contributed by atoms with E-state index in [0.717, 1.165) is 57.3 Å². The lowest BCUT2D eigenvalue weighted by Gasteiger charge is -2.36. The predicted octanol–water partition coefficient (Wildman–Crippen LogP) is 0.555. The fraction of sp³-hybridized carbons (Fsp3) is 0.933. The first kappa shape index (κ1) is 17.1. The van der Waals surface area contributed by atoms with Crippen LogP contribution in [0.2, 0.25) is 0 Å². The minimum atomic E-state index is -0.0202. The van der Waals surface area contributed by atoms with E-state index in [9.17, 15) is 4.79 Å². The molecule has 0 radical (unpaired) electrons. The van der Waals surface area contributed by atoms with E-state index >= 15 is 0 Å². The lowest BCUT2D eigenvalue weighted by atomic mass is 10.0. The molecule has 2 atom stereocenters. The van der Waals surface area contributed by atoms with Crippen molar-refractivity contribution in [3.05, 3.63) is 0 Å². The molecule has 2 fully saturated rings. The van der Waals surface area contributed by atoms with Crippen molar-refractivity contribution in [2.24, 2.45) is 5.92 Å². The summed E-state index contributed by atoms with van der Waals surface area (Å²) in [5, 5.41) is 6.45. The van der Waals surface area contributed by atoms with Crippen molar-refractivity contribution in [1.82, 2.24) is 15.5 Å². The summed E-state index contributed by atoms with van der Waals surface area (Å²) in [6, 6.07) is 0.405. The standard InChI is InChI=1S/C15H29N3O2S/c1-12(2)9-13(18-4-6-20-7-5-18)10-17-15(19)14-11-21-8-3-16-14/h12-14,16H,3-11H2,1-2H3,(H,17,19). The van der Waals surface area contributed by atoms with E-state index in [1.807, 2.05) is 11.8 Å². The highest BCUT2D eigenvalue weighted by Gasteiger charge is 2.25. The SMILES string of the molecule is CC(C)CC(CNC(=O)C1CSCCN1)N1CCOCC1. The third-order valence-electron chi connectivity index (χ3n) is 4.06. The number of nitrogens with one attached hydrogen (secondary N) is 2. The number of carbonyl (C=O) groups excluding carboxylic acids is 1. The van der Waals surface area contributed by atoms with Crippen LogP contribution < -0.4 is 10.6 Å². The number of nitrogens with zero attached hydrogens (tertiary/aromatic N) is 1. The Balaban J connectivity index is 1.81. The Labute approximate surface area is 132 Å². The Morgan fingerprint density at radius 1 is 1.43 bits per heavy atom. The molecule has 0 aromatic carbocycles. The van der Waals surface area contributed by atoms with E-state index in [1.165, 1.54) is 0 Å². The van der Waals surface area contributed by atoms with Crippen molar-refractivity contribution in [2.75, 3.05) is 50.9 Å². The summed E-state index contributed by atoms with van der Waals surface area (Å²) in [5.74, 6) is 2.79. The van der Waals surface area contributed by atoms with Gasteiger partial charge in [0.1, 0.15) is 0 Å². The first-order valence-corrected chi connectivity index (χ1v) is 9.23. The number of amides is 1. The summed E-state index contributed by atoms with van der Waals surface area (Å²) in [7, 11) is 0. The molecule has 0 aromatic heterocycles. The minimum absolute atomic E-state index is 0.0202. The van der Waals surface area contributed by atoms with E-state index < -0.39 is 0 Å². The maximum absolute atomic E-state index is 12.2. The fourth-order valence-electron chi connectivity index (χ4n) is 2.92. The molecule has 2 heterocycles. The second-order valence-corrected chi connectivity index (χ2v) is 7.41. The summed E-state index contributed by atoms with van der Waals surface area (Å²) >= 11 is 1.85. The summed E-state index contributed by atoms with van der Waals surface area (Å²) in [5.41, 5.74) is 0. The molecule has 2 N–H and O–H groups in total. The lowest BCUT2D eigenvalue weighted by Crippen LogP contribution is -2.53. The van der Waals surface area contributed by atoms with Crippen molar-refractivity contribution in [1.29, 1.82) is 0 Å². The Bertz CT molecular complexity index is 316. The molecule has 0 bridgehead atoms. The van der Waals surface area contributed by atoms with Gasteiger partial charge >= 0.3 is 0 Å². The van der Waals surface area contributed by atoms with Crippen LogP contribution in [0.5, 0.6) is 0 Å². The quantitative estimate of drug-likeness (QED) is 0.750. The molecule has 2 aliphatic heterocycles. The van der Waals surface area contributed by atoms with Crippen molar-refractivity contribution >= 4 is 17.7 Å². The van der Waals surface area contributed by atoms with Gasteiger partial charge in [-0.15, -0.1) is 0 Å². The van der Waals surface area contributed by atoms with Gasteiger partial charge in [-0.1, -0.05) is 13.8 Å². The van der Waals surface area contributed by atoms with Gasteiger partial charge in [0.05, 0.1) is 19.3 Å². The lowest BCUT2D eigenvalue weighted by molar-refractivity contribution is -0.123. The topological polar surface area (TPSA) is 53.6 Å². The van der Waals surface area contributed by atoms with E-state index in [-0.39, 0.29) is 11.9 Å². The fourth-order valence-corrected chi connectivity index (χ4v) is 3.86. The van der Waals surface area contributed by atoms with Crippen molar-refractivity contribution in [2.45, 2.75) is 32.4 Å². The second kappa shape index (κ2) is 8.98. The van der Waals surface area contributed by atoms with Crippen LogP contribution in [0.4, 0.5) is 0 Å². The molecule has 1 amide bonds. The van der Waals surface area contributed by atoms with Crippen LogP contribution in [0.1, 0.15) is 20.3 Å². The molecule has 5 nitrogen and oxygen atoms in total. The highest BCUT2D eigenvalue weighted by Crippen LogP contribution is 2.13. The first-order valence-electron chi connectivity index (χ1n) is 8.07. The second-order valence-electron chi connectivity index (χ2n) is 6.26. The Morgan fingerprint density at radius 2 is 2.19 bits per heavy atom. The molecule has 0 aliphatic carbocycles. The number of rotatable bonds is 6. The minimum Gasteiger partial charge on any atom is -0.379 e. The zero-order valence-corrected chi connectivity index (χ0v) is 14.1. The van der Waals surface area contributed by atoms with Gasteiger partial charge in [-0.3, -0.25) is 9.69 Å². The number of morpholine rings is 1. The van der Waals surface area contributed by atoms with Gasteiger partial charge in [-0.05, 0) is 12.3 Å². The molecule has 2 unspecified atom stereocenters. The van der Waals surface area contributed by atoms with Crippen LogP contribution in [0, 0.1) is 5.92 Å². The van der Waals surface area contributed by atoms with E-state index in [4.69, 9.17) is 4.74 Å². The number of carbonyl (C=O) groups is 1. The average Bonchev–Trinajstić information content (AvgIpc) is 2.52. The summed E-state index contributed by atoms with van der Waals surface area (Å²) < 4.78 is 5.43. The Kier molecular flexibility index (Phi) is 7.29. The molecule has 2 aliphatic rings. The number of hydrogen-bond acceptors (Lipinski definition) is 5. The first-order chi connectivity index (χ1) is 10.2. The van der Waals surface area contributed by atoms with Gasteiger partial charge in [0.15, 0.2) is 0 Å². The van der Waals surface area contributed by atoms with Gasteiger partial charge in [-0.2, -0.15) is 11.8 Å². The maximum Gasteiger partial charge on any atom is 0.238 e. The summed E-state index contributed by atoms with van der Waals surface area (Å²) in [6.45, 7) is 9.74. The molecule has 122 valence electrons. The van der Waals surface area contributed by atoms with Crippen LogP contribution in [0.3, 0.4) is 0 Å². The Morgan fingerprint density at radius 3 is 2.81 bits per heavy atom. The van der Waals surface area contributed by atoms with E-state index in [2.05, 4.69) is 29.4 Å². The summed E-state index contributed by atoms with van der Waals surface area (Å²) in [4.78, 5) is 14.7. The van der Waals surface area contributed by atoms with Gasteiger partial charge in [0.25, 0.3) is 0 Å². The molecule has 2 rings (SSSR count). The maximum atomic E-state index is 12.2. The third kappa shape index (κ3) is 5.77. The van der Waals surface area contributed by atoms with E-state index in [0.29, 0.717) is 12.0 Å². The van der Waals surface area contributed by atoms with Gasteiger partial charge in [0, 0.05) is 43.7 Å². The van der Waals surface area contributed by atoms with Gasteiger partial charge in [0.2, 0.25) is 5.91 Å². The van der Waals surface area contributed by atoms with Crippen LogP contribution in [0.15, 0.2) is 0 Å². The van der Waals surface area contributed by atoms with Gasteiger partial charge < -0.3 is 15.4 Å². The zero-order valence-electron chi connectivity index (χ0n) is 13.3. The monoisotopic (exact) mass is 315 g/mol. The smallest absolute Gasteiger partial charge is 0.238 e. The van der Waals surface area contributed by atoms with E-state index in [1.54, 1.807) is 0 Å². The van der Waals surface area contributed by atoms with Crippen molar-refractivity contribution < 1.29 is 9.53 Å². The average molecular weight is 315 g/mol. The number of ether oxygens (including phenoxy) is 1. The van der Waals surface area contributed by atoms with Crippen LogP contribution in [-0.4, -0.2) is 73.8 Å². The van der Waals surface area contributed by atoms with Crippen molar-refractivity contribution in [3.8, 4) is 0 Å². The third-order valence-corrected chi connectivity index (χ3v) is 5.12. The highest BCUT2D eigenvalue weighted by molar-refractivity contribution is 7.99. The molecule has 2 saturated heterocycles. The largest absolute Gasteiger partial charge is 0.379 e. The van der Waals surface area contributed by atoms with Crippen LogP contribution >= 0.6 is 11.8 Å². The number of hydrogen-bond donors (Lipinski definition) is 2. The number of thioether (sulfide) groups is 1. The van der Waals surface area contributed by atoms with Crippen LogP contribution in [-0.2, 0) is 9.53 Å². The molecular formula is C15H29N3O2S. The normalized spacial score (nSPS) is 25.8. The van der Waals surface area contributed by atoms with Crippen LogP contribution in [0.25, 0.3) is 0 Å². The molecule has 6 heteroatoms. The Hall–Kier alpha value is -0.300. The zero-order chi connectivity index (χ0) is 15.1. The molecular weight excluding hydrogens is 286 g/mol. The van der Waals surface area contributed by atoms with Crippen molar-refractivity contribution in [3.63, 3.8) is 0 Å². The predicted molar refractivity (Wildman–Crippen MR) is 87.8 cm³/mol. The molecule has 0 saturated carbocycles. The van der Waals surface area contributed by atoms with Gasteiger partial charge in [-0.25, -0.2) is 0 Å².